The Hall–Kier alpha value is -1.72. The summed E-state index contributed by atoms with van der Waals surface area (Å²) in [5.74, 6) is -0.0933. The van der Waals surface area contributed by atoms with Crippen LogP contribution in [0, 0.1) is 0 Å². The SMILES string of the molecule is CC(=O)NCC1CCCN1c1ccc(C(F)(F)F)cc1. The van der Waals surface area contributed by atoms with Crippen LogP contribution in [0.5, 0.6) is 0 Å². The van der Waals surface area contributed by atoms with Crippen LogP contribution < -0.4 is 10.2 Å². The van der Waals surface area contributed by atoms with Gasteiger partial charge < -0.3 is 10.2 Å². The number of carbonyl (C=O) groups is 1. The third-order valence-corrected chi connectivity index (χ3v) is 3.49. The highest BCUT2D eigenvalue weighted by Crippen LogP contribution is 2.32. The summed E-state index contributed by atoms with van der Waals surface area (Å²) in [7, 11) is 0. The molecule has 1 N–H and O–H groups in total. The minimum Gasteiger partial charge on any atom is -0.367 e. The fraction of sp³-hybridized carbons (Fsp3) is 0.500. The number of alkyl halides is 3. The molecule has 2 rings (SSSR count). The molecule has 1 aromatic carbocycles. The maximum absolute atomic E-state index is 12.5. The van der Waals surface area contributed by atoms with Crippen LogP contribution in [-0.4, -0.2) is 25.0 Å². The highest BCUT2D eigenvalue weighted by atomic mass is 19.4. The van der Waals surface area contributed by atoms with Gasteiger partial charge in [0.05, 0.1) is 5.56 Å². The quantitative estimate of drug-likeness (QED) is 0.926. The summed E-state index contributed by atoms with van der Waals surface area (Å²) in [6.07, 6.45) is -2.40. The van der Waals surface area contributed by atoms with Crippen molar-refractivity contribution in [3.63, 3.8) is 0 Å². The molecule has 1 heterocycles. The van der Waals surface area contributed by atoms with Gasteiger partial charge in [0, 0.05) is 31.7 Å². The van der Waals surface area contributed by atoms with Crippen LogP contribution in [0.15, 0.2) is 24.3 Å². The van der Waals surface area contributed by atoms with E-state index < -0.39 is 11.7 Å². The zero-order chi connectivity index (χ0) is 14.8. The summed E-state index contributed by atoms with van der Waals surface area (Å²) in [5, 5.41) is 2.76. The Labute approximate surface area is 115 Å². The van der Waals surface area contributed by atoms with Gasteiger partial charge in [0.1, 0.15) is 0 Å². The summed E-state index contributed by atoms with van der Waals surface area (Å²) in [6.45, 7) is 2.78. The fourth-order valence-electron chi connectivity index (χ4n) is 2.49. The van der Waals surface area contributed by atoms with E-state index in [-0.39, 0.29) is 11.9 Å². The number of amides is 1. The topological polar surface area (TPSA) is 32.3 Å². The maximum Gasteiger partial charge on any atom is 0.416 e. The summed E-state index contributed by atoms with van der Waals surface area (Å²) < 4.78 is 37.6. The largest absolute Gasteiger partial charge is 0.416 e. The predicted molar refractivity (Wildman–Crippen MR) is 70.5 cm³/mol. The molecular formula is C14H17F3N2O. The monoisotopic (exact) mass is 286 g/mol. The molecule has 1 aliphatic rings. The Morgan fingerprint density at radius 3 is 2.55 bits per heavy atom. The lowest BCUT2D eigenvalue weighted by molar-refractivity contribution is -0.137. The second kappa shape index (κ2) is 5.73. The van der Waals surface area contributed by atoms with Crippen molar-refractivity contribution in [3.05, 3.63) is 29.8 Å². The minimum atomic E-state index is -4.31. The van der Waals surface area contributed by atoms with Crippen molar-refractivity contribution in [2.24, 2.45) is 0 Å². The number of nitrogens with one attached hydrogen (secondary N) is 1. The molecule has 0 bridgehead atoms. The highest BCUT2D eigenvalue weighted by Gasteiger charge is 2.31. The van der Waals surface area contributed by atoms with Crippen molar-refractivity contribution < 1.29 is 18.0 Å². The van der Waals surface area contributed by atoms with Gasteiger partial charge in [-0.1, -0.05) is 0 Å². The zero-order valence-corrected chi connectivity index (χ0v) is 11.2. The van der Waals surface area contributed by atoms with E-state index in [0.29, 0.717) is 6.54 Å². The fourth-order valence-corrected chi connectivity index (χ4v) is 2.49. The second-order valence-corrected chi connectivity index (χ2v) is 4.97. The van der Waals surface area contributed by atoms with E-state index in [1.54, 1.807) is 0 Å². The number of nitrogens with zero attached hydrogens (tertiary/aromatic N) is 1. The van der Waals surface area contributed by atoms with Gasteiger partial charge in [-0.15, -0.1) is 0 Å². The standard InChI is InChI=1S/C14H17F3N2O/c1-10(20)18-9-13-3-2-8-19(13)12-6-4-11(5-7-12)14(15,16)17/h4-7,13H,2-3,8-9H2,1H3,(H,18,20). The van der Waals surface area contributed by atoms with E-state index in [9.17, 15) is 18.0 Å². The first-order valence-corrected chi connectivity index (χ1v) is 6.56. The van der Waals surface area contributed by atoms with Crippen LogP contribution in [0.25, 0.3) is 0 Å². The van der Waals surface area contributed by atoms with E-state index >= 15 is 0 Å². The van der Waals surface area contributed by atoms with Gasteiger partial charge in [-0.2, -0.15) is 13.2 Å². The smallest absolute Gasteiger partial charge is 0.367 e. The van der Waals surface area contributed by atoms with Gasteiger partial charge in [-0.25, -0.2) is 0 Å². The van der Waals surface area contributed by atoms with Crippen LogP contribution in [0.4, 0.5) is 18.9 Å². The van der Waals surface area contributed by atoms with Crippen molar-refractivity contribution in [3.8, 4) is 0 Å². The first kappa shape index (κ1) is 14.7. The van der Waals surface area contributed by atoms with E-state index in [0.717, 1.165) is 37.2 Å². The molecule has 0 spiro atoms. The van der Waals surface area contributed by atoms with Gasteiger partial charge in [-0.3, -0.25) is 4.79 Å². The Morgan fingerprint density at radius 1 is 1.35 bits per heavy atom. The first-order valence-electron chi connectivity index (χ1n) is 6.56. The molecule has 1 unspecified atom stereocenters. The summed E-state index contributed by atoms with van der Waals surface area (Å²) >= 11 is 0. The third-order valence-electron chi connectivity index (χ3n) is 3.49. The first-order chi connectivity index (χ1) is 9.38. The summed E-state index contributed by atoms with van der Waals surface area (Å²) in [6, 6.07) is 5.34. The van der Waals surface area contributed by atoms with Crippen molar-refractivity contribution in [1.29, 1.82) is 0 Å². The Bertz CT molecular complexity index is 470. The number of rotatable bonds is 3. The van der Waals surface area contributed by atoms with E-state index in [1.165, 1.54) is 19.1 Å². The third kappa shape index (κ3) is 3.43. The van der Waals surface area contributed by atoms with Crippen LogP contribution in [0.2, 0.25) is 0 Å². The summed E-state index contributed by atoms with van der Waals surface area (Å²) in [4.78, 5) is 13.0. The lowest BCUT2D eigenvalue weighted by Gasteiger charge is -2.27. The molecule has 1 aromatic rings. The Balaban J connectivity index is 2.08. The van der Waals surface area contributed by atoms with E-state index in [2.05, 4.69) is 10.2 Å². The van der Waals surface area contributed by atoms with Crippen molar-refractivity contribution in [1.82, 2.24) is 5.32 Å². The van der Waals surface area contributed by atoms with Gasteiger partial charge in [0.2, 0.25) is 5.91 Å². The average molecular weight is 286 g/mol. The number of halogens is 3. The molecule has 1 saturated heterocycles. The summed E-state index contributed by atoms with van der Waals surface area (Å²) in [5.41, 5.74) is 0.129. The number of benzene rings is 1. The van der Waals surface area contributed by atoms with E-state index in [4.69, 9.17) is 0 Å². The molecule has 3 nitrogen and oxygen atoms in total. The number of anilines is 1. The van der Waals surface area contributed by atoms with Gasteiger partial charge >= 0.3 is 6.18 Å². The molecule has 1 aliphatic heterocycles. The van der Waals surface area contributed by atoms with Crippen LogP contribution in [0.3, 0.4) is 0 Å². The van der Waals surface area contributed by atoms with Crippen LogP contribution in [0.1, 0.15) is 25.3 Å². The molecule has 20 heavy (non-hydrogen) atoms. The Morgan fingerprint density at radius 2 is 2.00 bits per heavy atom. The van der Waals surface area contributed by atoms with Gasteiger partial charge in [-0.05, 0) is 37.1 Å². The molecule has 0 aromatic heterocycles. The Kier molecular flexibility index (Phi) is 4.20. The predicted octanol–water partition coefficient (Wildman–Crippen LogP) is 2.81. The molecule has 0 radical (unpaired) electrons. The van der Waals surface area contributed by atoms with Gasteiger partial charge in [0.15, 0.2) is 0 Å². The van der Waals surface area contributed by atoms with E-state index in [1.807, 2.05) is 0 Å². The number of hydrogen-bond acceptors (Lipinski definition) is 2. The minimum absolute atomic E-state index is 0.0933. The average Bonchev–Trinajstić information content (AvgIpc) is 2.83. The second-order valence-electron chi connectivity index (χ2n) is 4.97. The lowest BCUT2D eigenvalue weighted by atomic mass is 10.1. The number of carbonyl (C=O) groups excluding carboxylic acids is 1. The van der Waals surface area contributed by atoms with Crippen molar-refractivity contribution >= 4 is 11.6 Å². The zero-order valence-electron chi connectivity index (χ0n) is 11.2. The molecule has 1 atom stereocenters. The lowest BCUT2D eigenvalue weighted by Crippen LogP contribution is -2.39. The van der Waals surface area contributed by atoms with Crippen LogP contribution in [-0.2, 0) is 11.0 Å². The molecule has 1 fully saturated rings. The molecule has 6 heteroatoms. The molecule has 0 saturated carbocycles. The molecule has 0 aliphatic carbocycles. The molecular weight excluding hydrogens is 269 g/mol. The normalized spacial score (nSPS) is 19.2. The van der Waals surface area contributed by atoms with Crippen molar-refractivity contribution in [2.45, 2.75) is 32.0 Å². The maximum atomic E-state index is 12.5. The van der Waals surface area contributed by atoms with Crippen molar-refractivity contribution in [2.75, 3.05) is 18.0 Å². The van der Waals surface area contributed by atoms with Gasteiger partial charge in [0.25, 0.3) is 0 Å². The highest BCUT2D eigenvalue weighted by molar-refractivity contribution is 5.72. The number of hydrogen-bond donors (Lipinski definition) is 1. The molecule has 110 valence electrons. The van der Waals surface area contributed by atoms with Crippen LogP contribution >= 0.6 is 0 Å². The molecule has 1 amide bonds.